The minimum absolute atomic E-state index is 0.142. The summed E-state index contributed by atoms with van der Waals surface area (Å²) >= 11 is 0. The molecule has 0 radical (unpaired) electrons. The fraction of sp³-hybridized carbons (Fsp3) is 0.118. The number of carboxylic acids is 1. The van der Waals surface area contributed by atoms with E-state index in [0.29, 0.717) is 17.3 Å². The molecule has 6 heteroatoms. The predicted molar refractivity (Wildman–Crippen MR) is 82.3 cm³/mol. The minimum atomic E-state index is -1.17. The lowest BCUT2D eigenvalue weighted by Gasteiger charge is -2.09. The Labute approximate surface area is 131 Å². The van der Waals surface area contributed by atoms with Crippen LogP contribution in [0.5, 0.6) is 5.75 Å². The van der Waals surface area contributed by atoms with Gasteiger partial charge in [0.1, 0.15) is 11.3 Å². The third kappa shape index (κ3) is 2.96. The molecule has 1 aromatic carbocycles. The number of fused-ring (bicyclic) bond motifs is 1. The Morgan fingerprint density at radius 3 is 2.57 bits per heavy atom. The van der Waals surface area contributed by atoms with E-state index in [-0.39, 0.29) is 17.3 Å². The van der Waals surface area contributed by atoms with Crippen LogP contribution in [0.1, 0.15) is 21.6 Å². The maximum Gasteiger partial charge on any atom is 0.358 e. The summed E-state index contributed by atoms with van der Waals surface area (Å²) in [6, 6.07) is 8.12. The highest BCUT2D eigenvalue weighted by atomic mass is 19.1. The van der Waals surface area contributed by atoms with Gasteiger partial charge in [0.15, 0.2) is 11.4 Å². The van der Waals surface area contributed by atoms with Crippen molar-refractivity contribution in [2.75, 3.05) is 7.11 Å². The Kier molecular flexibility index (Phi) is 3.89. The van der Waals surface area contributed by atoms with E-state index in [9.17, 15) is 9.18 Å². The molecular formula is C17H13FN2O3. The number of pyridine rings is 2. The number of aromatic nitrogens is 2. The monoisotopic (exact) mass is 312 g/mol. The number of carbonyl (C=O) groups is 1. The molecule has 2 heterocycles. The molecule has 0 spiro atoms. The highest BCUT2D eigenvalue weighted by Gasteiger charge is 2.17. The van der Waals surface area contributed by atoms with Crippen LogP contribution < -0.4 is 4.74 Å². The summed E-state index contributed by atoms with van der Waals surface area (Å²) < 4.78 is 18.1. The van der Waals surface area contributed by atoms with E-state index in [0.717, 1.165) is 11.1 Å². The van der Waals surface area contributed by atoms with Gasteiger partial charge in [-0.3, -0.25) is 4.98 Å². The highest BCUT2D eigenvalue weighted by Crippen LogP contribution is 2.27. The minimum Gasteiger partial charge on any atom is -0.492 e. The van der Waals surface area contributed by atoms with Crippen LogP contribution >= 0.6 is 0 Å². The fourth-order valence-corrected chi connectivity index (χ4v) is 2.40. The first-order valence-corrected chi connectivity index (χ1v) is 6.88. The van der Waals surface area contributed by atoms with Crippen molar-refractivity contribution in [3.8, 4) is 5.75 Å². The second kappa shape index (κ2) is 6.00. The van der Waals surface area contributed by atoms with Crippen molar-refractivity contribution in [2.24, 2.45) is 0 Å². The molecule has 0 aliphatic carbocycles. The number of methoxy groups -OCH3 is 1. The van der Waals surface area contributed by atoms with E-state index in [2.05, 4.69) is 9.97 Å². The highest BCUT2D eigenvalue weighted by molar-refractivity contribution is 5.96. The Balaban J connectivity index is 2.01. The van der Waals surface area contributed by atoms with E-state index in [4.69, 9.17) is 9.84 Å². The van der Waals surface area contributed by atoms with Crippen molar-refractivity contribution in [1.29, 1.82) is 0 Å². The Morgan fingerprint density at radius 2 is 1.91 bits per heavy atom. The molecule has 2 aromatic heterocycles. The standard InChI is InChI=1S/C17H13FN2O3/c1-23-16-14-12(9-20-15(16)17(21)22)7-11(8-19-14)6-10-2-4-13(18)5-3-10/h2-5,7-9H,6H2,1H3,(H,21,22). The van der Waals surface area contributed by atoms with Crippen molar-refractivity contribution in [3.63, 3.8) is 0 Å². The molecule has 1 N–H and O–H groups in total. The number of aromatic carboxylic acids is 1. The lowest BCUT2D eigenvalue weighted by molar-refractivity contribution is 0.0687. The van der Waals surface area contributed by atoms with Gasteiger partial charge in [-0.05, 0) is 35.7 Å². The van der Waals surface area contributed by atoms with E-state index < -0.39 is 5.97 Å². The third-order valence-electron chi connectivity index (χ3n) is 3.46. The first-order valence-electron chi connectivity index (χ1n) is 6.88. The molecule has 0 unspecified atom stereocenters. The topological polar surface area (TPSA) is 72.3 Å². The van der Waals surface area contributed by atoms with Crippen LogP contribution in [0.25, 0.3) is 10.9 Å². The van der Waals surface area contributed by atoms with Gasteiger partial charge in [-0.1, -0.05) is 12.1 Å². The first kappa shape index (κ1) is 14.9. The zero-order chi connectivity index (χ0) is 16.4. The van der Waals surface area contributed by atoms with Gasteiger partial charge in [-0.2, -0.15) is 0 Å². The number of nitrogens with zero attached hydrogens (tertiary/aromatic N) is 2. The molecule has 0 aliphatic rings. The summed E-state index contributed by atoms with van der Waals surface area (Å²) in [5.74, 6) is -1.30. The summed E-state index contributed by atoms with van der Waals surface area (Å²) in [7, 11) is 1.39. The molecule has 0 bridgehead atoms. The number of hydrogen-bond donors (Lipinski definition) is 1. The zero-order valence-corrected chi connectivity index (χ0v) is 12.3. The molecule has 3 rings (SSSR count). The molecule has 0 fully saturated rings. The van der Waals surface area contributed by atoms with Gasteiger partial charge in [0, 0.05) is 17.8 Å². The van der Waals surface area contributed by atoms with Crippen molar-refractivity contribution >= 4 is 16.9 Å². The molecular weight excluding hydrogens is 299 g/mol. The fourth-order valence-electron chi connectivity index (χ4n) is 2.40. The summed E-state index contributed by atoms with van der Waals surface area (Å²) in [4.78, 5) is 19.4. The van der Waals surface area contributed by atoms with Gasteiger partial charge in [-0.25, -0.2) is 14.2 Å². The molecule has 0 saturated heterocycles. The maximum absolute atomic E-state index is 12.9. The Hall–Kier alpha value is -3.02. The van der Waals surface area contributed by atoms with Crippen molar-refractivity contribution < 1.29 is 19.0 Å². The van der Waals surface area contributed by atoms with Gasteiger partial charge in [0.25, 0.3) is 0 Å². The predicted octanol–water partition coefficient (Wildman–Crippen LogP) is 3.07. The van der Waals surface area contributed by atoms with Crippen LogP contribution in [0.3, 0.4) is 0 Å². The van der Waals surface area contributed by atoms with Crippen LogP contribution in [0.2, 0.25) is 0 Å². The quantitative estimate of drug-likeness (QED) is 0.801. The maximum atomic E-state index is 12.9. The largest absolute Gasteiger partial charge is 0.492 e. The summed E-state index contributed by atoms with van der Waals surface area (Å²) in [6.07, 6.45) is 3.70. The summed E-state index contributed by atoms with van der Waals surface area (Å²) in [6.45, 7) is 0. The number of hydrogen-bond acceptors (Lipinski definition) is 4. The van der Waals surface area contributed by atoms with E-state index in [1.54, 1.807) is 18.3 Å². The first-order chi connectivity index (χ1) is 11.1. The molecule has 0 aliphatic heterocycles. The molecule has 23 heavy (non-hydrogen) atoms. The van der Waals surface area contributed by atoms with Crippen LogP contribution in [-0.2, 0) is 6.42 Å². The molecule has 0 saturated carbocycles. The lowest BCUT2D eigenvalue weighted by atomic mass is 10.0. The van der Waals surface area contributed by atoms with Crippen LogP contribution in [0, 0.1) is 5.82 Å². The summed E-state index contributed by atoms with van der Waals surface area (Å²) in [5, 5.41) is 9.81. The van der Waals surface area contributed by atoms with E-state index in [1.807, 2.05) is 6.07 Å². The SMILES string of the molecule is COc1c(C(=O)O)ncc2cc(Cc3ccc(F)cc3)cnc12. The second-order valence-electron chi connectivity index (χ2n) is 5.03. The van der Waals surface area contributed by atoms with Crippen LogP contribution in [-0.4, -0.2) is 28.2 Å². The number of carboxylic acid groups (broad SMARTS) is 1. The molecule has 0 atom stereocenters. The van der Waals surface area contributed by atoms with Gasteiger partial charge < -0.3 is 9.84 Å². The van der Waals surface area contributed by atoms with E-state index in [1.165, 1.54) is 25.4 Å². The Bertz CT molecular complexity index is 879. The number of ether oxygens (including phenoxy) is 1. The van der Waals surface area contributed by atoms with Crippen LogP contribution in [0.15, 0.2) is 42.7 Å². The van der Waals surface area contributed by atoms with Crippen LogP contribution in [0.4, 0.5) is 4.39 Å². The normalized spacial score (nSPS) is 10.7. The lowest BCUT2D eigenvalue weighted by Crippen LogP contribution is -2.05. The van der Waals surface area contributed by atoms with Gasteiger partial charge in [0.05, 0.1) is 7.11 Å². The third-order valence-corrected chi connectivity index (χ3v) is 3.46. The smallest absolute Gasteiger partial charge is 0.358 e. The van der Waals surface area contributed by atoms with E-state index >= 15 is 0 Å². The average molecular weight is 312 g/mol. The number of halogens is 1. The van der Waals surface area contributed by atoms with Crippen molar-refractivity contribution in [2.45, 2.75) is 6.42 Å². The number of benzene rings is 1. The van der Waals surface area contributed by atoms with Gasteiger partial charge >= 0.3 is 5.97 Å². The van der Waals surface area contributed by atoms with Gasteiger partial charge in [-0.15, -0.1) is 0 Å². The molecule has 3 aromatic rings. The Morgan fingerprint density at radius 1 is 1.17 bits per heavy atom. The summed E-state index contributed by atoms with van der Waals surface area (Å²) in [5.41, 5.74) is 2.15. The van der Waals surface area contributed by atoms with Crippen molar-refractivity contribution in [3.05, 3.63) is 65.4 Å². The molecule has 5 nitrogen and oxygen atoms in total. The zero-order valence-electron chi connectivity index (χ0n) is 12.3. The second-order valence-corrected chi connectivity index (χ2v) is 5.03. The molecule has 116 valence electrons. The average Bonchev–Trinajstić information content (AvgIpc) is 2.55. The van der Waals surface area contributed by atoms with Gasteiger partial charge in [0.2, 0.25) is 0 Å². The molecule has 0 amide bonds. The number of rotatable bonds is 4. The van der Waals surface area contributed by atoms with Crippen molar-refractivity contribution in [1.82, 2.24) is 9.97 Å².